The molecule has 2 rings (SSSR count). The first-order valence-corrected chi connectivity index (χ1v) is 7.48. The summed E-state index contributed by atoms with van der Waals surface area (Å²) in [5, 5.41) is 6.28. The zero-order valence-corrected chi connectivity index (χ0v) is 12.5. The Hall–Kier alpha value is -0.760. The van der Waals surface area contributed by atoms with Crippen molar-refractivity contribution in [2.24, 2.45) is 5.84 Å². The maximum Gasteiger partial charge on any atom is 0.138 e. The molecule has 2 aromatic rings. The van der Waals surface area contributed by atoms with Crippen molar-refractivity contribution in [1.82, 2.24) is 20.2 Å². The highest BCUT2D eigenvalue weighted by Gasteiger charge is 2.16. The van der Waals surface area contributed by atoms with E-state index >= 15 is 0 Å². The van der Waals surface area contributed by atoms with E-state index in [9.17, 15) is 0 Å². The molecule has 1 unspecified atom stereocenters. The van der Waals surface area contributed by atoms with Crippen LogP contribution in [0, 0.1) is 0 Å². The molecule has 18 heavy (non-hydrogen) atoms. The van der Waals surface area contributed by atoms with Gasteiger partial charge in [0.05, 0.1) is 6.04 Å². The van der Waals surface area contributed by atoms with Crippen LogP contribution >= 0.6 is 27.3 Å². The minimum atomic E-state index is 0.0705. The number of hydrazine groups is 1. The molecule has 5 nitrogen and oxygen atoms in total. The SMILES string of the molecule is CCCn1ncnc1CC(NN)c1cc(Br)cs1. The maximum atomic E-state index is 5.64. The monoisotopic (exact) mass is 329 g/mol. The summed E-state index contributed by atoms with van der Waals surface area (Å²) in [6.07, 6.45) is 3.38. The molecular formula is C11H16BrN5S. The van der Waals surface area contributed by atoms with E-state index in [2.05, 4.69) is 49.8 Å². The van der Waals surface area contributed by atoms with Crippen LogP contribution in [0.5, 0.6) is 0 Å². The van der Waals surface area contributed by atoms with Crippen molar-refractivity contribution in [1.29, 1.82) is 0 Å². The molecule has 0 saturated heterocycles. The molecule has 0 fully saturated rings. The van der Waals surface area contributed by atoms with Gasteiger partial charge in [-0.1, -0.05) is 6.92 Å². The first kappa shape index (κ1) is 13.7. The summed E-state index contributed by atoms with van der Waals surface area (Å²) in [4.78, 5) is 5.49. The van der Waals surface area contributed by atoms with Crippen LogP contribution in [0.1, 0.15) is 30.1 Å². The van der Waals surface area contributed by atoms with Gasteiger partial charge in [0.1, 0.15) is 12.2 Å². The molecule has 1 atom stereocenters. The lowest BCUT2D eigenvalue weighted by Crippen LogP contribution is -2.30. The molecule has 3 N–H and O–H groups in total. The number of nitrogens with one attached hydrogen (secondary N) is 1. The third-order valence-corrected chi connectivity index (χ3v) is 4.46. The van der Waals surface area contributed by atoms with Gasteiger partial charge in [-0.05, 0) is 28.4 Å². The van der Waals surface area contributed by atoms with Crippen LogP contribution < -0.4 is 11.3 Å². The molecule has 0 radical (unpaired) electrons. The number of thiophene rings is 1. The number of hydrogen-bond acceptors (Lipinski definition) is 5. The molecule has 0 aromatic carbocycles. The largest absolute Gasteiger partial charge is 0.271 e. The third-order valence-electron chi connectivity index (χ3n) is 2.65. The van der Waals surface area contributed by atoms with Crippen molar-refractivity contribution in [3.05, 3.63) is 32.9 Å². The number of nitrogens with two attached hydrogens (primary N) is 1. The molecule has 7 heteroatoms. The van der Waals surface area contributed by atoms with Crippen LogP contribution in [0.3, 0.4) is 0 Å². The van der Waals surface area contributed by atoms with Gasteiger partial charge in [0.2, 0.25) is 0 Å². The van der Waals surface area contributed by atoms with Gasteiger partial charge >= 0.3 is 0 Å². The molecule has 0 spiro atoms. The van der Waals surface area contributed by atoms with Crippen molar-refractivity contribution in [2.75, 3.05) is 0 Å². The number of hydrogen-bond donors (Lipinski definition) is 2. The van der Waals surface area contributed by atoms with E-state index < -0.39 is 0 Å². The van der Waals surface area contributed by atoms with Crippen molar-refractivity contribution < 1.29 is 0 Å². The van der Waals surface area contributed by atoms with Gasteiger partial charge in [-0.15, -0.1) is 11.3 Å². The summed E-state index contributed by atoms with van der Waals surface area (Å²) in [5.41, 5.74) is 2.85. The summed E-state index contributed by atoms with van der Waals surface area (Å²) in [7, 11) is 0. The van der Waals surface area contributed by atoms with Crippen molar-refractivity contribution in [3.8, 4) is 0 Å². The van der Waals surface area contributed by atoms with Crippen molar-refractivity contribution in [3.63, 3.8) is 0 Å². The lowest BCUT2D eigenvalue weighted by atomic mass is 10.1. The van der Waals surface area contributed by atoms with Gasteiger partial charge in [-0.3, -0.25) is 16.0 Å². The number of rotatable bonds is 6. The summed E-state index contributed by atoms with van der Waals surface area (Å²) in [5.74, 6) is 6.60. The fourth-order valence-electron chi connectivity index (χ4n) is 1.78. The van der Waals surface area contributed by atoms with Crippen LogP contribution in [0.4, 0.5) is 0 Å². The molecule has 0 amide bonds. The predicted molar refractivity (Wildman–Crippen MR) is 76.1 cm³/mol. The normalized spacial score (nSPS) is 12.8. The summed E-state index contributed by atoms with van der Waals surface area (Å²) in [6, 6.07) is 2.15. The number of nitrogens with zero attached hydrogens (tertiary/aromatic N) is 3. The second-order valence-corrected chi connectivity index (χ2v) is 5.85. The first-order valence-electron chi connectivity index (χ1n) is 5.81. The van der Waals surface area contributed by atoms with E-state index in [0.717, 1.165) is 29.7 Å². The Balaban J connectivity index is 2.12. The van der Waals surface area contributed by atoms with Gasteiger partial charge in [0.25, 0.3) is 0 Å². The highest BCUT2D eigenvalue weighted by atomic mass is 79.9. The van der Waals surface area contributed by atoms with Gasteiger partial charge in [-0.25, -0.2) is 4.98 Å². The molecule has 2 heterocycles. The molecule has 0 aliphatic carbocycles. The molecule has 98 valence electrons. The summed E-state index contributed by atoms with van der Waals surface area (Å²) < 4.78 is 3.02. The third kappa shape index (κ3) is 3.17. The highest BCUT2D eigenvalue weighted by Crippen LogP contribution is 2.27. The Morgan fingerprint density at radius 3 is 3.06 bits per heavy atom. The maximum absolute atomic E-state index is 5.64. The zero-order chi connectivity index (χ0) is 13.0. The Bertz CT molecular complexity index is 495. The number of aryl methyl sites for hydroxylation is 1. The van der Waals surface area contributed by atoms with Crippen LogP contribution in [0.2, 0.25) is 0 Å². The predicted octanol–water partition coefficient (Wildman–Crippen LogP) is 2.26. The number of halogens is 1. The molecule has 0 aliphatic heterocycles. The van der Waals surface area contributed by atoms with Crippen molar-refractivity contribution in [2.45, 2.75) is 32.4 Å². The Labute approximate surface area is 119 Å². The van der Waals surface area contributed by atoms with E-state index in [1.54, 1.807) is 17.7 Å². The molecular weight excluding hydrogens is 314 g/mol. The summed E-state index contributed by atoms with van der Waals surface area (Å²) in [6.45, 7) is 3.02. The standard InChI is InChI=1S/C11H16BrN5S/c1-2-3-17-11(14-7-15-17)5-9(16-13)10-4-8(12)6-18-10/h4,6-7,9,16H,2-3,5,13H2,1H3. The second kappa shape index (κ2) is 6.42. The minimum absolute atomic E-state index is 0.0705. The van der Waals surface area contributed by atoms with E-state index in [1.165, 1.54) is 4.88 Å². The minimum Gasteiger partial charge on any atom is -0.271 e. The van der Waals surface area contributed by atoms with E-state index in [-0.39, 0.29) is 6.04 Å². The Morgan fingerprint density at radius 1 is 1.61 bits per heavy atom. The van der Waals surface area contributed by atoms with Crippen LogP contribution in [-0.4, -0.2) is 14.8 Å². The molecule has 0 bridgehead atoms. The lowest BCUT2D eigenvalue weighted by molar-refractivity contribution is 0.504. The fourth-order valence-corrected chi connectivity index (χ4v) is 3.29. The average Bonchev–Trinajstić information content (AvgIpc) is 2.96. The fraction of sp³-hybridized carbons (Fsp3) is 0.455. The van der Waals surface area contributed by atoms with Crippen LogP contribution in [0.25, 0.3) is 0 Å². The molecule has 2 aromatic heterocycles. The lowest BCUT2D eigenvalue weighted by Gasteiger charge is -2.14. The Kier molecular flexibility index (Phi) is 4.87. The topological polar surface area (TPSA) is 68.8 Å². The van der Waals surface area contributed by atoms with E-state index in [1.807, 2.05) is 4.68 Å². The van der Waals surface area contributed by atoms with Crippen molar-refractivity contribution >= 4 is 27.3 Å². The second-order valence-electron chi connectivity index (χ2n) is 3.99. The smallest absolute Gasteiger partial charge is 0.138 e. The number of aromatic nitrogens is 3. The first-order chi connectivity index (χ1) is 8.74. The van der Waals surface area contributed by atoms with E-state index in [0.29, 0.717) is 0 Å². The van der Waals surface area contributed by atoms with E-state index in [4.69, 9.17) is 5.84 Å². The average molecular weight is 330 g/mol. The quantitative estimate of drug-likeness (QED) is 0.630. The molecule has 0 saturated carbocycles. The van der Waals surface area contributed by atoms with Gasteiger partial charge in [0, 0.05) is 27.7 Å². The summed E-state index contributed by atoms with van der Waals surface area (Å²) >= 11 is 5.13. The van der Waals surface area contributed by atoms with Gasteiger partial charge in [0.15, 0.2) is 0 Å². The van der Waals surface area contributed by atoms with Crippen LogP contribution in [-0.2, 0) is 13.0 Å². The van der Waals surface area contributed by atoms with Gasteiger partial charge < -0.3 is 0 Å². The Morgan fingerprint density at radius 2 is 2.44 bits per heavy atom. The van der Waals surface area contributed by atoms with Crippen LogP contribution in [0.15, 0.2) is 22.2 Å². The highest BCUT2D eigenvalue weighted by molar-refractivity contribution is 9.10. The van der Waals surface area contributed by atoms with Gasteiger partial charge in [-0.2, -0.15) is 5.10 Å². The molecule has 0 aliphatic rings. The zero-order valence-electron chi connectivity index (χ0n) is 10.1.